The van der Waals surface area contributed by atoms with Crippen molar-refractivity contribution in [2.75, 3.05) is 0 Å². The molecule has 136 valence electrons. The molecule has 0 bridgehead atoms. The zero-order valence-electron chi connectivity index (χ0n) is 15.2. The minimum atomic E-state index is -4.45. The van der Waals surface area contributed by atoms with Gasteiger partial charge in [0.2, 0.25) is 0 Å². The SMILES string of the molecule is O=S([O-])c1ccc(-c2ccc(-c3ccc(S(=O)(=O)[O-])cc3)cc2)cc1.[Li+].[Li+].[OH-]. The predicted octanol–water partition coefficient (Wildman–Crippen LogP) is -3.01. The van der Waals surface area contributed by atoms with Crippen LogP contribution in [0.25, 0.3) is 22.3 Å². The van der Waals surface area contributed by atoms with E-state index in [4.69, 9.17) is 0 Å². The minimum absolute atomic E-state index is 0. The Balaban J connectivity index is 0.00000243. The molecule has 3 rings (SSSR count). The maximum Gasteiger partial charge on any atom is 1.00 e. The molecule has 1 atom stereocenters. The quantitative estimate of drug-likeness (QED) is 0.259. The molecule has 0 heterocycles. The first-order chi connectivity index (χ1) is 11.8. The summed E-state index contributed by atoms with van der Waals surface area (Å²) in [5.41, 5.74) is 3.46. The van der Waals surface area contributed by atoms with Crippen molar-refractivity contribution in [2.45, 2.75) is 9.79 Å². The van der Waals surface area contributed by atoms with Crippen molar-refractivity contribution in [1.82, 2.24) is 0 Å². The van der Waals surface area contributed by atoms with Gasteiger partial charge >= 0.3 is 37.7 Å². The standard InChI is InChI=1S/C18H14O5S2.2Li.H2O/c19-24(20)17-9-5-15(6-10-17)13-1-3-14(4-2-13)16-7-11-18(12-8-16)25(21,22)23;;;/h1-12H,(H,19,20)(H,21,22,23);;;1H2/q;2*+1;/p-3. The van der Waals surface area contributed by atoms with Gasteiger partial charge in [-0.25, -0.2) is 8.42 Å². The van der Waals surface area contributed by atoms with Gasteiger partial charge in [0.15, 0.2) is 0 Å². The first-order valence-electron chi connectivity index (χ1n) is 7.21. The zero-order chi connectivity index (χ0) is 18.0. The summed E-state index contributed by atoms with van der Waals surface area (Å²) in [7, 11) is -4.45. The van der Waals surface area contributed by atoms with E-state index in [2.05, 4.69) is 0 Å². The molecule has 1 N–H and O–H groups in total. The third kappa shape index (κ3) is 6.43. The first-order valence-corrected chi connectivity index (χ1v) is 9.69. The van der Waals surface area contributed by atoms with Gasteiger partial charge in [0.25, 0.3) is 0 Å². The van der Waals surface area contributed by atoms with Crippen LogP contribution in [0, 0.1) is 0 Å². The summed E-state index contributed by atoms with van der Waals surface area (Å²) in [6.45, 7) is 0. The second kappa shape index (κ2) is 11.1. The molecule has 10 heteroatoms. The molecule has 0 saturated heterocycles. The molecular formula is C18H13Li2O6S2-. The average molecular weight is 403 g/mol. The monoisotopic (exact) mass is 403 g/mol. The maximum atomic E-state index is 11.0. The molecule has 0 aliphatic carbocycles. The molecule has 0 fully saturated rings. The molecule has 1 unspecified atom stereocenters. The number of benzene rings is 3. The third-order valence-corrected chi connectivity index (χ3v) is 5.25. The normalized spacial score (nSPS) is 11.4. The van der Waals surface area contributed by atoms with Crippen LogP contribution in [-0.2, 0) is 21.2 Å². The van der Waals surface area contributed by atoms with Crippen LogP contribution in [-0.4, -0.2) is 27.2 Å². The van der Waals surface area contributed by atoms with E-state index >= 15 is 0 Å². The Morgan fingerprint density at radius 3 is 1.21 bits per heavy atom. The van der Waals surface area contributed by atoms with E-state index < -0.39 is 21.2 Å². The molecule has 0 saturated carbocycles. The Bertz CT molecular complexity index is 1020. The Morgan fingerprint density at radius 1 is 0.643 bits per heavy atom. The van der Waals surface area contributed by atoms with E-state index in [1.54, 1.807) is 24.3 Å². The van der Waals surface area contributed by atoms with Gasteiger partial charge in [0, 0.05) is 4.90 Å². The van der Waals surface area contributed by atoms with Crippen molar-refractivity contribution in [3.05, 3.63) is 72.8 Å². The zero-order valence-corrected chi connectivity index (χ0v) is 16.9. The summed E-state index contributed by atoms with van der Waals surface area (Å²) in [6.07, 6.45) is 0. The average Bonchev–Trinajstić information content (AvgIpc) is 2.61. The summed E-state index contributed by atoms with van der Waals surface area (Å²) in [6, 6.07) is 19.8. The molecule has 0 aliphatic rings. The fraction of sp³-hybridized carbons (Fsp3) is 0. The van der Waals surface area contributed by atoms with E-state index in [1.807, 2.05) is 24.3 Å². The van der Waals surface area contributed by atoms with Crippen LogP contribution in [0.1, 0.15) is 0 Å². The van der Waals surface area contributed by atoms with Gasteiger partial charge in [-0.15, -0.1) is 0 Å². The van der Waals surface area contributed by atoms with Gasteiger partial charge in [0.05, 0.1) is 4.90 Å². The van der Waals surface area contributed by atoms with Crippen LogP contribution in [0.3, 0.4) is 0 Å². The Kier molecular flexibility index (Phi) is 10.7. The molecule has 3 aromatic rings. The van der Waals surface area contributed by atoms with Crippen molar-refractivity contribution in [2.24, 2.45) is 0 Å². The van der Waals surface area contributed by atoms with Crippen LogP contribution in [0.5, 0.6) is 0 Å². The van der Waals surface area contributed by atoms with Crippen LogP contribution in [0.4, 0.5) is 0 Å². The van der Waals surface area contributed by atoms with E-state index in [1.165, 1.54) is 24.3 Å². The number of hydrogen-bond acceptors (Lipinski definition) is 6. The molecular weight excluding hydrogens is 390 g/mol. The van der Waals surface area contributed by atoms with E-state index in [0.717, 1.165) is 22.3 Å². The molecule has 0 amide bonds. The molecule has 28 heavy (non-hydrogen) atoms. The fourth-order valence-corrected chi connectivity index (χ4v) is 3.26. The van der Waals surface area contributed by atoms with Crippen molar-refractivity contribution >= 4 is 21.2 Å². The second-order valence-corrected chi connectivity index (χ2v) is 7.64. The summed E-state index contributed by atoms with van der Waals surface area (Å²) in [5, 5.41) is 0. The smallest absolute Gasteiger partial charge is 0.870 e. The van der Waals surface area contributed by atoms with Gasteiger partial charge in [-0.2, -0.15) is 0 Å². The first kappa shape index (κ1) is 26.8. The van der Waals surface area contributed by atoms with Gasteiger partial charge in [-0.05, 0) is 57.6 Å². The van der Waals surface area contributed by atoms with Crippen LogP contribution < -0.4 is 37.7 Å². The van der Waals surface area contributed by atoms with E-state index in [9.17, 15) is 21.7 Å². The summed E-state index contributed by atoms with van der Waals surface area (Å²) < 4.78 is 54.6. The third-order valence-electron chi connectivity index (χ3n) is 3.74. The van der Waals surface area contributed by atoms with Gasteiger partial charge < -0.3 is 14.6 Å². The van der Waals surface area contributed by atoms with Crippen LogP contribution in [0.15, 0.2) is 82.6 Å². The largest absolute Gasteiger partial charge is 1.00 e. The van der Waals surface area contributed by atoms with Crippen LogP contribution in [0.2, 0.25) is 0 Å². The Morgan fingerprint density at radius 2 is 0.929 bits per heavy atom. The number of rotatable bonds is 4. The van der Waals surface area contributed by atoms with Gasteiger partial charge in [-0.1, -0.05) is 48.5 Å². The summed E-state index contributed by atoms with van der Waals surface area (Å²) in [5.74, 6) is 0. The molecule has 6 nitrogen and oxygen atoms in total. The van der Waals surface area contributed by atoms with E-state index in [0.29, 0.717) is 0 Å². The van der Waals surface area contributed by atoms with Crippen molar-refractivity contribution in [3.8, 4) is 22.3 Å². The minimum Gasteiger partial charge on any atom is -0.870 e. The van der Waals surface area contributed by atoms with Gasteiger partial charge in [0.1, 0.15) is 10.1 Å². The molecule has 0 spiro atoms. The molecule has 0 radical (unpaired) electrons. The Hall–Kier alpha value is -1.17. The molecule has 0 aliphatic heterocycles. The van der Waals surface area contributed by atoms with Crippen molar-refractivity contribution in [1.29, 1.82) is 0 Å². The van der Waals surface area contributed by atoms with Gasteiger partial charge in [-0.3, -0.25) is 4.21 Å². The van der Waals surface area contributed by atoms with Crippen molar-refractivity contribution in [3.63, 3.8) is 0 Å². The summed E-state index contributed by atoms with van der Waals surface area (Å²) in [4.78, 5) is -0.0301. The maximum absolute atomic E-state index is 11.0. The molecule has 0 aromatic heterocycles. The molecule has 3 aromatic carbocycles. The predicted molar refractivity (Wildman–Crippen MR) is 94.4 cm³/mol. The van der Waals surface area contributed by atoms with E-state index in [-0.39, 0.29) is 53.0 Å². The summed E-state index contributed by atoms with van der Waals surface area (Å²) >= 11 is -2.25. The second-order valence-electron chi connectivity index (χ2n) is 5.31. The van der Waals surface area contributed by atoms with Crippen LogP contribution >= 0.6 is 0 Å². The fourth-order valence-electron chi connectivity index (χ4n) is 2.43. The Labute approximate surface area is 190 Å². The number of hydrogen-bond donors (Lipinski definition) is 0. The topological polar surface area (TPSA) is 127 Å². The van der Waals surface area contributed by atoms with Crippen molar-refractivity contribution < 1.29 is 64.9 Å².